The zero-order chi connectivity index (χ0) is 54.2. The van der Waals surface area contributed by atoms with E-state index in [9.17, 15) is 91.9 Å². The van der Waals surface area contributed by atoms with Crippen LogP contribution in [-0.2, 0) is 74.8 Å². The van der Waals surface area contributed by atoms with Crippen molar-refractivity contribution in [2.24, 2.45) is 0 Å². The molecule has 6 fully saturated rings. The Labute approximate surface area is 425 Å². The van der Waals surface area contributed by atoms with E-state index in [1.54, 1.807) is 24.3 Å². The summed E-state index contributed by atoms with van der Waals surface area (Å²) in [6, 6.07) is 6.39. The second-order valence-corrected chi connectivity index (χ2v) is 19.2. The van der Waals surface area contributed by atoms with E-state index in [1.807, 2.05) is 0 Å². The van der Waals surface area contributed by atoms with Gasteiger partial charge in [-0.2, -0.15) is 0 Å². The lowest BCUT2D eigenvalue weighted by Gasteiger charge is -2.50. The first-order chi connectivity index (χ1) is 35.9. The highest BCUT2D eigenvalue weighted by atomic mass is 16.8. The molecule has 0 aromatic heterocycles. The molecule has 19 aliphatic heterocycles. The minimum absolute atomic E-state index is 0.267. The molecule has 30 atom stereocenters. The normalized spacial score (nSPS) is 50.6. The molecule has 0 amide bonds. The fourth-order valence-corrected chi connectivity index (χ4v) is 10.0. The van der Waals surface area contributed by atoms with E-state index in [4.69, 9.17) is 61.6 Å². The van der Waals surface area contributed by atoms with Gasteiger partial charge in [0, 0.05) is 0 Å². The van der Waals surface area contributed by atoms with Gasteiger partial charge in [-0.15, -0.1) is 0 Å². The molecule has 0 radical (unpaired) electrons. The first-order valence-corrected chi connectivity index (χ1v) is 24.2. The molecule has 1 aromatic rings. The Morgan fingerprint density at radius 1 is 0.280 bits per heavy atom. The summed E-state index contributed by atoms with van der Waals surface area (Å²) in [7, 11) is 0. The van der Waals surface area contributed by atoms with Crippen molar-refractivity contribution in [1.82, 2.24) is 0 Å². The molecule has 0 spiro atoms. The van der Waals surface area contributed by atoms with Crippen LogP contribution in [0.5, 0.6) is 0 Å². The molecule has 19 aliphatic rings. The third-order valence-corrected chi connectivity index (χ3v) is 14.2. The Bertz CT molecular complexity index is 1920. The van der Waals surface area contributed by atoms with E-state index >= 15 is 0 Å². The zero-order valence-electron chi connectivity index (χ0n) is 39.6. The molecule has 31 nitrogen and oxygen atoms in total. The van der Waals surface area contributed by atoms with Crippen molar-refractivity contribution >= 4 is 0 Å². The number of benzene rings is 1. The third-order valence-electron chi connectivity index (χ3n) is 14.2. The number of rotatable bonds is 6. The standard InChI is InChI=1S/C44H68O31/c45-5-15-33-21(51)28(58)40(66-15)72-35-17(7-47)68-42(30(60)23(35)53)74-37-19(9-49)70-44(32(62)25(37)55)75-38-20(10-50)69-43(31(61)26(38)56)73-36-18(8-48)67-41(29(59)24(36)54)71-34-16(6-46)65-39(27(57)22(34)52)64-12-14-3-1-2-13(4-14)11-63-33/h1-4,15-62H,5-12H2/t15-,16-,17-,18-,19-,20-,21-,22-,23-,24-,25-,26-,27-,28-,29-,30-,31-,32-,33-,34-,35-,36-,37-,38-,39+,40-,41-,42-,43-,44-/m1/s1. The van der Waals surface area contributed by atoms with Gasteiger partial charge in [-0.1, -0.05) is 24.3 Å². The fraction of sp³-hybridized carbons (Fsp3) is 0.864. The average Bonchev–Trinajstić information content (AvgIpc) is 3.41. The quantitative estimate of drug-likeness (QED) is 0.126. The summed E-state index contributed by atoms with van der Waals surface area (Å²) in [6.07, 6.45) is -55.8. The topological polar surface area (TPSA) is 484 Å². The van der Waals surface area contributed by atoms with Gasteiger partial charge < -0.3 is 153 Å². The lowest BCUT2D eigenvalue weighted by molar-refractivity contribution is -0.396. The van der Waals surface area contributed by atoms with Gasteiger partial charge in [0.1, 0.15) is 146 Å². The molecular weight excluding hydrogens is 1020 g/mol. The minimum atomic E-state index is -2.17. The Hall–Kier alpha value is -2.02. The van der Waals surface area contributed by atoms with E-state index in [0.717, 1.165) is 0 Å². The van der Waals surface area contributed by atoms with Crippen LogP contribution in [0, 0.1) is 0 Å². The van der Waals surface area contributed by atoms with Crippen molar-refractivity contribution in [3.63, 3.8) is 0 Å². The molecule has 19 heterocycles. The van der Waals surface area contributed by atoms with Crippen molar-refractivity contribution in [2.75, 3.05) is 39.6 Å². The van der Waals surface area contributed by atoms with Gasteiger partial charge in [-0.05, 0) is 11.1 Å². The van der Waals surface area contributed by atoms with Crippen LogP contribution in [-0.4, -0.2) is 316 Å². The van der Waals surface area contributed by atoms with Crippen LogP contribution >= 0.6 is 0 Å². The molecule has 0 aliphatic carbocycles. The van der Waals surface area contributed by atoms with Gasteiger partial charge in [0.25, 0.3) is 0 Å². The van der Waals surface area contributed by atoms with Crippen LogP contribution in [0.2, 0.25) is 0 Å². The van der Waals surface area contributed by atoms with Gasteiger partial charge in [0.2, 0.25) is 0 Å². The van der Waals surface area contributed by atoms with Crippen molar-refractivity contribution in [3.05, 3.63) is 35.4 Å². The average molecular weight is 1090 g/mol. The Morgan fingerprint density at radius 3 is 0.787 bits per heavy atom. The van der Waals surface area contributed by atoms with Crippen LogP contribution in [0.1, 0.15) is 11.1 Å². The van der Waals surface area contributed by atoms with E-state index in [0.29, 0.717) is 11.1 Å². The highest BCUT2D eigenvalue weighted by Gasteiger charge is 2.58. The number of aliphatic hydroxyl groups is 18. The van der Waals surface area contributed by atoms with Crippen molar-refractivity contribution in [3.8, 4) is 0 Å². The monoisotopic (exact) mass is 1090 g/mol. The van der Waals surface area contributed by atoms with E-state index in [2.05, 4.69) is 0 Å². The maximum absolute atomic E-state index is 11.3. The third kappa shape index (κ3) is 12.2. The van der Waals surface area contributed by atoms with Gasteiger partial charge in [-0.3, -0.25) is 0 Å². The van der Waals surface area contributed by atoms with Crippen LogP contribution in [0.4, 0.5) is 0 Å². The molecule has 14 bridgehead atoms. The van der Waals surface area contributed by atoms with E-state index in [1.165, 1.54) is 0 Å². The van der Waals surface area contributed by atoms with Gasteiger partial charge in [0.15, 0.2) is 37.7 Å². The highest BCUT2D eigenvalue weighted by Crippen LogP contribution is 2.37. The zero-order valence-corrected chi connectivity index (χ0v) is 39.6. The Kier molecular flexibility index (Phi) is 20.2. The summed E-state index contributed by atoms with van der Waals surface area (Å²) in [4.78, 5) is 0. The lowest BCUT2D eigenvalue weighted by Crippen LogP contribution is -2.68. The van der Waals surface area contributed by atoms with Gasteiger partial charge >= 0.3 is 0 Å². The van der Waals surface area contributed by atoms with Crippen molar-refractivity contribution < 1.29 is 153 Å². The van der Waals surface area contributed by atoms with Crippen LogP contribution in [0.25, 0.3) is 0 Å². The molecule has 18 N–H and O–H groups in total. The maximum Gasteiger partial charge on any atom is 0.187 e. The summed E-state index contributed by atoms with van der Waals surface area (Å²) in [5.74, 6) is 0. The molecule has 20 rings (SSSR count). The second-order valence-electron chi connectivity index (χ2n) is 19.2. The van der Waals surface area contributed by atoms with E-state index in [-0.39, 0.29) is 13.2 Å². The maximum atomic E-state index is 11.3. The molecular formula is C44H68O31. The number of aliphatic hydroxyl groups excluding tert-OH is 18. The summed E-state index contributed by atoms with van der Waals surface area (Å²) in [5.41, 5.74) is 0.896. The van der Waals surface area contributed by atoms with Crippen molar-refractivity contribution in [1.29, 1.82) is 0 Å². The van der Waals surface area contributed by atoms with Crippen LogP contribution < -0.4 is 0 Å². The fourth-order valence-electron chi connectivity index (χ4n) is 10.0. The largest absolute Gasteiger partial charge is 0.394 e. The second kappa shape index (κ2) is 25.6. The summed E-state index contributed by atoms with van der Waals surface area (Å²) in [6.45, 7) is -6.18. The van der Waals surface area contributed by atoms with Crippen LogP contribution in [0.3, 0.4) is 0 Å². The molecule has 430 valence electrons. The molecule has 6 saturated heterocycles. The minimum Gasteiger partial charge on any atom is -0.394 e. The number of ether oxygens (including phenoxy) is 13. The first-order valence-electron chi connectivity index (χ1n) is 24.2. The number of hydrogen-bond acceptors (Lipinski definition) is 31. The van der Waals surface area contributed by atoms with Crippen molar-refractivity contribution in [2.45, 2.75) is 197 Å². The number of hydrogen-bond donors (Lipinski definition) is 18. The van der Waals surface area contributed by atoms with Gasteiger partial charge in [-0.25, -0.2) is 0 Å². The smallest absolute Gasteiger partial charge is 0.187 e. The molecule has 1 aromatic carbocycles. The van der Waals surface area contributed by atoms with Crippen LogP contribution in [0.15, 0.2) is 24.3 Å². The first kappa shape index (κ1) is 59.1. The molecule has 0 saturated carbocycles. The summed E-state index contributed by atoms with van der Waals surface area (Å²) >= 11 is 0. The SMILES string of the molecule is OC[C@H]1O[C@@H]2O[C@H]3[C@H](O)[C@@H](O)[C@@H](O[C@H]4[C@H](O)[C@@H](O)[C@@H](O[C@H]5[C@H](O)[C@@H](O)[C@@H](O[C@H]6[C@H](O)[C@@H](O)[C@@H](O[C@H]7[C@H](O)[C@@H](O)[C@@H](OCc8cccc(c8)CO[C@H]1[C@H](O)[C@H]2O)O[C@@H]7CO)O[C@@H]6CO)O[C@@H]5CO)O[C@@H]4CO)O[C@@H]3CO. The highest BCUT2D eigenvalue weighted by molar-refractivity contribution is 5.22. The Balaban J connectivity index is 1.05. The summed E-state index contributed by atoms with van der Waals surface area (Å²) < 4.78 is 74.6. The predicted molar refractivity (Wildman–Crippen MR) is 231 cm³/mol. The summed E-state index contributed by atoms with van der Waals surface area (Å²) in [5, 5.41) is 197. The molecule has 31 heteroatoms. The van der Waals surface area contributed by atoms with Gasteiger partial charge in [0.05, 0.1) is 52.9 Å². The molecule has 0 unspecified atom stereocenters. The Morgan fingerprint density at radius 2 is 0.507 bits per heavy atom. The predicted octanol–water partition coefficient (Wildman–Crippen LogP) is -11.3. The lowest BCUT2D eigenvalue weighted by atomic mass is 9.95. The van der Waals surface area contributed by atoms with E-state index < -0.39 is 224 Å². The molecule has 75 heavy (non-hydrogen) atoms.